The molecule has 0 atom stereocenters. The van der Waals surface area contributed by atoms with Crippen LogP contribution in [-0.4, -0.2) is 46.5 Å². The number of nitro groups is 1. The predicted molar refractivity (Wildman–Crippen MR) is 84.5 cm³/mol. The third kappa shape index (κ3) is 4.94. The van der Waals surface area contributed by atoms with Crippen LogP contribution in [-0.2, 0) is 0 Å². The largest absolute Gasteiger partial charge is 0.491 e. The molecule has 0 spiro atoms. The van der Waals surface area contributed by atoms with Gasteiger partial charge in [0.1, 0.15) is 30.8 Å². The first-order valence-electron chi connectivity index (χ1n) is 6.77. The van der Waals surface area contributed by atoms with Crippen molar-refractivity contribution in [3.63, 3.8) is 0 Å². The minimum atomic E-state index is -0.556. The van der Waals surface area contributed by atoms with E-state index in [-0.39, 0.29) is 36.6 Å². The Morgan fingerprint density at radius 3 is 2.62 bits per heavy atom. The third-order valence-electron chi connectivity index (χ3n) is 2.54. The Hall–Kier alpha value is -2.63. The molecular weight excluding hydrogens is 340 g/mol. The molecule has 0 aliphatic carbocycles. The van der Waals surface area contributed by atoms with Crippen LogP contribution in [0.2, 0.25) is 0 Å². The van der Waals surface area contributed by atoms with Crippen molar-refractivity contribution in [3.05, 3.63) is 34.5 Å². The number of hydrogen-bond donors (Lipinski definition) is 2. The standard InChI is InChI=1S/C13H14N4O6S/c18-3-5-22-9-1-2-10(11(7-9)23-6-4-19)15-16-13-14-8-12(24-13)17(20)21/h1-2,7-8,18-19H,3-6H2. The molecule has 11 heteroatoms. The van der Waals surface area contributed by atoms with Gasteiger partial charge < -0.3 is 19.7 Å². The Kier molecular flexibility index (Phi) is 6.54. The lowest BCUT2D eigenvalue weighted by molar-refractivity contribution is -0.380. The van der Waals surface area contributed by atoms with Crippen molar-refractivity contribution in [1.82, 2.24) is 4.98 Å². The molecule has 0 aliphatic rings. The maximum atomic E-state index is 10.6. The molecule has 0 bridgehead atoms. The summed E-state index contributed by atoms with van der Waals surface area (Å²) < 4.78 is 10.6. The molecule has 1 aromatic carbocycles. The Morgan fingerprint density at radius 2 is 1.96 bits per heavy atom. The van der Waals surface area contributed by atoms with Crippen LogP contribution in [0.15, 0.2) is 34.6 Å². The van der Waals surface area contributed by atoms with Crippen molar-refractivity contribution in [3.8, 4) is 11.5 Å². The number of azo groups is 1. The maximum absolute atomic E-state index is 10.6. The third-order valence-corrected chi connectivity index (χ3v) is 3.38. The van der Waals surface area contributed by atoms with E-state index in [9.17, 15) is 10.1 Å². The summed E-state index contributed by atoms with van der Waals surface area (Å²) in [6.07, 6.45) is 1.11. The zero-order valence-electron chi connectivity index (χ0n) is 12.4. The summed E-state index contributed by atoms with van der Waals surface area (Å²) in [5.41, 5.74) is 0.345. The topological polar surface area (TPSA) is 140 Å². The van der Waals surface area contributed by atoms with E-state index in [4.69, 9.17) is 19.7 Å². The van der Waals surface area contributed by atoms with Crippen molar-refractivity contribution < 1.29 is 24.6 Å². The fraction of sp³-hybridized carbons (Fsp3) is 0.308. The molecule has 0 radical (unpaired) electrons. The highest BCUT2D eigenvalue weighted by molar-refractivity contribution is 7.18. The predicted octanol–water partition coefficient (Wildman–Crippen LogP) is 2.21. The van der Waals surface area contributed by atoms with Gasteiger partial charge in [0.25, 0.3) is 0 Å². The number of thiazole rings is 1. The van der Waals surface area contributed by atoms with Gasteiger partial charge in [0.2, 0.25) is 5.13 Å². The quantitative estimate of drug-likeness (QED) is 0.399. The summed E-state index contributed by atoms with van der Waals surface area (Å²) in [6.45, 7) is -0.133. The highest BCUT2D eigenvalue weighted by atomic mass is 32.1. The minimum Gasteiger partial charge on any atom is -0.491 e. The van der Waals surface area contributed by atoms with Crippen LogP contribution in [0.4, 0.5) is 15.8 Å². The molecule has 2 N–H and O–H groups in total. The van der Waals surface area contributed by atoms with E-state index in [1.54, 1.807) is 18.2 Å². The number of aromatic nitrogens is 1. The summed E-state index contributed by atoms with van der Waals surface area (Å²) in [4.78, 5) is 13.8. The normalized spacial score (nSPS) is 10.9. The number of aliphatic hydroxyl groups excluding tert-OH is 2. The van der Waals surface area contributed by atoms with E-state index < -0.39 is 4.92 Å². The summed E-state index contributed by atoms with van der Waals surface area (Å²) in [6, 6.07) is 4.73. The fourth-order valence-electron chi connectivity index (χ4n) is 1.59. The van der Waals surface area contributed by atoms with Crippen LogP contribution in [0.25, 0.3) is 0 Å². The van der Waals surface area contributed by atoms with E-state index in [0.29, 0.717) is 17.2 Å². The van der Waals surface area contributed by atoms with Crippen molar-refractivity contribution in [2.45, 2.75) is 0 Å². The lowest BCUT2D eigenvalue weighted by atomic mass is 10.3. The van der Waals surface area contributed by atoms with Gasteiger partial charge in [-0.3, -0.25) is 10.1 Å². The highest BCUT2D eigenvalue weighted by Crippen LogP contribution is 2.34. The monoisotopic (exact) mass is 354 g/mol. The Labute approximate surface area is 140 Å². The zero-order chi connectivity index (χ0) is 17.4. The van der Waals surface area contributed by atoms with Gasteiger partial charge in [-0.15, -0.1) is 10.2 Å². The second-order valence-electron chi connectivity index (χ2n) is 4.21. The molecule has 2 aromatic rings. The number of hydrogen-bond acceptors (Lipinski definition) is 10. The van der Waals surface area contributed by atoms with Gasteiger partial charge in [-0.2, -0.15) is 0 Å². The molecular formula is C13H14N4O6S. The average molecular weight is 354 g/mol. The van der Waals surface area contributed by atoms with Gasteiger partial charge in [0.15, 0.2) is 5.75 Å². The van der Waals surface area contributed by atoms with Crippen molar-refractivity contribution in [2.75, 3.05) is 26.4 Å². The van der Waals surface area contributed by atoms with Crippen LogP contribution in [0.5, 0.6) is 11.5 Å². The van der Waals surface area contributed by atoms with E-state index >= 15 is 0 Å². The molecule has 2 rings (SSSR count). The summed E-state index contributed by atoms with van der Waals surface area (Å²) in [5, 5.41) is 36.1. The maximum Gasteiger partial charge on any atom is 0.345 e. The molecule has 0 aliphatic heterocycles. The lowest BCUT2D eigenvalue weighted by Gasteiger charge is -2.10. The van der Waals surface area contributed by atoms with Crippen LogP contribution < -0.4 is 9.47 Å². The Bertz CT molecular complexity index is 720. The molecule has 0 fully saturated rings. The number of benzene rings is 1. The van der Waals surface area contributed by atoms with Crippen molar-refractivity contribution in [2.24, 2.45) is 10.2 Å². The smallest absolute Gasteiger partial charge is 0.345 e. The number of ether oxygens (including phenoxy) is 2. The molecule has 0 unspecified atom stereocenters. The first kappa shape index (κ1) is 17.7. The highest BCUT2D eigenvalue weighted by Gasteiger charge is 2.11. The van der Waals surface area contributed by atoms with Gasteiger partial charge >= 0.3 is 5.00 Å². The lowest BCUT2D eigenvalue weighted by Crippen LogP contribution is -2.04. The van der Waals surface area contributed by atoms with E-state index in [2.05, 4.69) is 15.2 Å². The van der Waals surface area contributed by atoms with Gasteiger partial charge in [-0.05, 0) is 23.5 Å². The first-order chi connectivity index (χ1) is 11.6. The summed E-state index contributed by atoms with van der Waals surface area (Å²) in [7, 11) is 0. The second-order valence-corrected chi connectivity index (χ2v) is 5.20. The fourth-order valence-corrected chi connectivity index (χ4v) is 2.14. The molecule has 1 aromatic heterocycles. The molecule has 128 valence electrons. The summed E-state index contributed by atoms with van der Waals surface area (Å²) in [5.74, 6) is 0.773. The second kappa shape index (κ2) is 8.86. The van der Waals surface area contributed by atoms with Gasteiger partial charge in [-0.25, -0.2) is 4.98 Å². The Balaban J connectivity index is 2.19. The molecule has 0 saturated carbocycles. The molecule has 1 heterocycles. The zero-order valence-corrected chi connectivity index (χ0v) is 13.2. The van der Waals surface area contributed by atoms with Gasteiger partial charge in [-0.1, -0.05) is 0 Å². The minimum absolute atomic E-state index is 0.0503. The first-order valence-corrected chi connectivity index (χ1v) is 7.59. The van der Waals surface area contributed by atoms with E-state index in [0.717, 1.165) is 17.5 Å². The SMILES string of the molecule is O=[N+]([O-])c1cnc(N=Nc2ccc(OCCO)cc2OCCO)s1. The number of rotatable bonds is 9. The summed E-state index contributed by atoms with van der Waals surface area (Å²) >= 11 is 0.794. The van der Waals surface area contributed by atoms with Crippen LogP contribution in [0.1, 0.15) is 0 Å². The van der Waals surface area contributed by atoms with Gasteiger partial charge in [0, 0.05) is 6.07 Å². The van der Waals surface area contributed by atoms with Crippen molar-refractivity contribution in [1.29, 1.82) is 0 Å². The Morgan fingerprint density at radius 1 is 1.21 bits per heavy atom. The van der Waals surface area contributed by atoms with Crippen molar-refractivity contribution >= 4 is 27.2 Å². The molecule has 10 nitrogen and oxygen atoms in total. The van der Waals surface area contributed by atoms with E-state index in [1.807, 2.05) is 0 Å². The van der Waals surface area contributed by atoms with Crippen LogP contribution in [0.3, 0.4) is 0 Å². The number of aliphatic hydroxyl groups is 2. The average Bonchev–Trinajstić information content (AvgIpc) is 3.06. The van der Waals surface area contributed by atoms with Gasteiger partial charge in [0.05, 0.1) is 18.1 Å². The molecule has 0 amide bonds. The van der Waals surface area contributed by atoms with E-state index in [1.165, 1.54) is 0 Å². The number of nitrogens with zero attached hydrogens (tertiary/aromatic N) is 4. The molecule has 0 saturated heterocycles. The van der Waals surface area contributed by atoms with Crippen LogP contribution >= 0.6 is 11.3 Å². The van der Waals surface area contributed by atoms with Crippen LogP contribution in [0, 0.1) is 10.1 Å². The molecule has 24 heavy (non-hydrogen) atoms.